The van der Waals surface area contributed by atoms with E-state index in [0.717, 1.165) is 36.1 Å². The van der Waals surface area contributed by atoms with Gasteiger partial charge in [0.05, 0.1) is 26.9 Å². The molecule has 3 rings (SSSR count). The zero-order valence-electron chi connectivity index (χ0n) is 17.0. The zero-order valence-corrected chi connectivity index (χ0v) is 17.8. The number of ether oxygens (including phenoxy) is 3. The molecule has 0 spiro atoms. The van der Waals surface area contributed by atoms with E-state index >= 15 is 0 Å². The average molecular weight is 423 g/mol. The Kier molecular flexibility index (Phi) is 6.61. The van der Waals surface area contributed by atoms with Crippen molar-refractivity contribution in [2.24, 2.45) is 0 Å². The Bertz CT molecular complexity index is 1090. The van der Waals surface area contributed by atoms with Gasteiger partial charge in [0, 0.05) is 16.5 Å². The van der Waals surface area contributed by atoms with Crippen molar-refractivity contribution < 1.29 is 19.0 Å². The molecule has 0 bridgehead atoms. The van der Waals surface area contributed by atoms with Crippen LogP contribution in [0.25, 0.3) is 6.08 Å². The second-order valence-electron chi connectivity index (χ2n) is 6.60. The minimum Gasteiger partial charge on any atom is -0.496 e. The summed E-state index contributed by atoms with van der Waals surface area (Å²) in [6.45, 7) is 0. The maximum atomic E-state index is 12.8. The fraction of sp³-hybridized carbons (Fsp3) is 0.318. The lowest BCUT2D eigenvalue weighted by Crippen LogP contribution is -2.13. The van der Waals surface area contributed by atoms with E-state index in [1.165, 1.54) is 38.7 Å². The molecule has 1 amide bonds. The molecule has 0 aliphatic heterocycles. The summed E-state index contributed by atoms with van der Waals surface area (Å²) < 4.78 is 15.9. The molecule has 2 aromatic rings. The molecule has 1 heterocycles. The number of fused-ring (bicyclic) bond motifs is 1. The van der Waals surface area contributed by atoms with E-state index in [4.69, 9.17) is 14.2 Å². The maximum Gasteiger partial charge on any atom is 0.266 e. The first-order chi connectivity index (χ1) is 14.6. The lowest BCUT2D eigenvalue weighted by Gasteiger charge is -2.12. The monoisotopic (exact) mass is 423 g/mol. The summed E-state index contributed by atoms with van der Waals surface area (Å²) in [6, 6.07) is 7.39. The molecule has 7 nitrogen and oxygen atoms in total. The van der Waals surface area contributed by atoms with E-state index in [2.05, 4.69) is 11.4 Å². The van der Waals surface area contributed by atoms with E-state index in [0.29, 0.717) is 33.4 Å². The Morgan fingerprint density at radius 1 is 1.07 bits per heavy atom. The van der Waals surface area contributed by atoms with Gasteiger partial charge in [-0.15, -0.1) is 11.3 Å². The van der Waals surface area contributed by atoms with Crippen molar-refractivity contribution in [1.82, 2.24) is 0 Å². The number of aryl methyl sites for hydroxylation is 1. The van der Waals surface area contributed by atoms with E-state index in [9.17, 15) is 15.3 Å². The Hall–Kier alpha value is -3.49. The van der Waals surface area contributed by atoms with Crippen LogP contribution in [0, 0.1) is 22.7 Å². The minimum absolute atomic E-state index is 0.115. The molecule has 1 aliphatic carbocycles. The Balaban J connectivity index is 1.95. The first-order valence-corrected chi connectivity index (χ1v) is 10.2. The quantitative estimate of drug-likeness (QED) is 0.555. The van der Waals surface area contributed by atoms with E-state index < -0.39 is 5.91 Å². The van der Waals surface area contributed by atoms with Crippen molar-refractivity contribution in [3.05, 3.63) is 39.3 Å². The third kappa shape index (κ3) is 4.10. The number of hydrogen-bond donors (Lipinski definition) is 1. The molecule has 1 aromatic carbocycles. The fourth-order valence-electron chi connectivity index (χ4n) is 3.41. The summed E-state index contributed by atoms with van der Waals surface area (Å²) in [7, 11) is 4.49. The van der Waals surface area contributed by atoms with Gasteiger partial charge in [-0.1, -0.05) is 0 Å². The molecule has 0 saturated heterocycles. The van der Waals surface area contributed by atoms with Gasteiger partial charge in [0.15, 0.2) is 11.5 Å². The Morgan fingerprint density at radius 3 is 2.37 bits per heavy atom. The van der Waals surface area contributed by atoms with Crippen LogP contribution < -0.4 is 19.5 Å². The topological polar surface area (TPSA) is 104 Å². The highest BCUT2D eigenvalue weighted by atomic mass is 32.1. The van der Waals surface area contributed by atoms with E-state index in [1.807, 2.05) is 6.07 Å². The van der Waals surface area contributed by atoms with Crippen LogP contribution in [-0.4, -0.2) is 27.2 Å². The van der Waals surface area contributed by atoms with Gasteiger partial charge in [0.25, 0.3) is 5.91 Å². The van der Waals surface area contributed by atoms with Crippen molar-refractivity contribution in [2.45, 2.75) is 25.7 Å². The number of rotatable bonds is 6. The minimum atomic E-state index is -0.579. The average Bonchev–Trinajstić information content (AvgIpc) is 3.13. The van der Waals surface area contributed by atoms with Gasteiger partial charge in [-0.05, 0) is 43.4 Å². The van der Waals surface area contributed by atoms with Crippen LogP contribution in [0.1, 0.15) is 34.4 Å². The lowest BCUT2D eigenvalue weighted by atomic mass is 9.96. The smallest absolute Gasteiger partial charge is 0.266 e. The Labute approximate surface area is 179 Å². The van der Waals surface area contributed by atoms with Gasteiger partial charge in [-0.25, -0.2) is 0 Å². The highest BCUT2D eigenvalue weighted by molar-refractivity contribution is 7.16. The van der Waals surface area contributed by atoms with Gasteiger partial charge in [0.2, 0.25) is 0 Å². The third-order valence-electron chi connectivity index (χ3n) is 4.91. The molecule has 0 fully saturated rings. The molecule has 1 N–H and O–H groups in total. The molecule has 1 aromatic heterocycles. The number of carbonyl (C=O) groups is 1. The van der Waals surface area contributed by atoms with Crippen LogP contribution in [0.15, 0.2) is 17.7 Å². The number of nitrogens with zero attached hydrogens (tertiary/aromatic N) is 2. The number of benzene rings is 1. The van der Waals surface area contributed by atoms with Crippen molar-refractivity contribution in [2.75, 3.05) is 26.6 Å². The molecule has 0 atom stereocenters. The molecular weight excluding hydrogens is 402 g/mol. The van der Waals surface area contributed by atoms with E-state index in [-0.39, 0.29) is 5.57 Å². The molecule has 154 valence electrons. The van der Waals surface area contributed by atoms with Crippen LogP contribution in [0.5, 0.6) is 17.2 Å². The molecule has 0 radical (unpaired) electrons. The SMILES string of the molecule is COc1cc(OC)c(OC)cc1/C=C(\C#N)C(=O)Nc1sc2c(c1C#N)CCCC2. The molecule has 1 aliphatic rings. The summed E-state index contributed by atoms with van der Waals surface area (Å²) in [6.07, 6.45) is 5.29. The number of carbonyl (C=O) groups excluding carboxylic acids is 1. The van der Waals surface area contributed by atoms with Gasteiger partial charge in [0.1, 0.15) is 28.5 Å². The molecule has 0 unspecified atom stereocenters. The standard InChI is InChI=1S/C22H21N3O4S/c1-27-17-10-19(29-3)18(28-2)9-13(17)8-14(11-23)21(26)25-22-16(12-24)15-6-4-5-7-20(15)30-22/h8-10H,4-7H2,1-3H3,(H,25,26)/b14-8+. The van der Waals surface area contributed by atoms with Gasteiger partial charge in [-0.3, -0.25) is 4.79 Å². The number of nitriles is 2. The second-order valence-corrected chi connectivity index (χ2v) is 7.71. The highest BCUT2D eigenvalue weighted by Gasteiger charge is 2.23. The number of anilines is 1. The van der Waals surface area contributed by atoms with Crippen molar-refractivity contribution >= 4 is 28.3 Å². The molecular formula is C22H21N3O4S. The highest BCUT2D eigenvalue weighted by Crippen LogP contribution is 2.38. The predicted molar refractivity (Wildman–Crippen MR) is 114 cm³/mol. The van der Waals surface area contributed by atoms with Gasteiger partial charge in [-0.2, -0.15) is 10.5 Å². The van der Waals surface area contributed by atoms with E-state index in [1.54, 1.807) is 12.1 Å². The van der Waals surface area contributed by atoms with Gasteiger partial charge < -0.3 is 19.5 Å². The fourth-order valence-corrected chi connectivity index (χ4v) is 4.65. The van der Waals surface area contributed by atoms with Crippen LogP contribution in [0.2, 0.25) is 0 Å². The van der Waals surface area contributed by atoms with Crippen LogP contribution in [0.3, 0.4) is 0 Å². The number of nitrogens with one attached hydrogen (secondary N) is 1. The summed E-state index contributed by atoms with van der Waals surface area (Å²) in [5.74, 6) is 0.763. The molecule has 0 saturated carbocycles. The second kappa shape index (κ2) is 9.34. The number of amides is 1. The predicted octanol–water partition coefficient (Wildman–Crippen LogP) is 4.07. The van der Waals surface area contributed by atoms with Crippen LogP contribution in [-0.2, 0) is 17.6 Å². The Morgan fingerprint density at radius 2 is 1.73 bits per heavy atom. The van der Waals surface area contributed by atoms with Gasteiger partial charge >= 0.3 is 0 Å². The van der Waals surface area contributed by atoms with Crippen LogP contribution in [0.4, 0.5) is 5.00 Å². The summed E-state index contributed by atoms with van der Waals surface area (Å²) in [4.78, 5) is 13.9. The number of hydrogen-bond acceptors (Lipinski definition) is 7. The largest absolute Gasteiger partial charge is 0.496 e. The first kappa shape index (κ1) is 21.2. The third-order valence-corrected chi connectivity index (χ3v) is 6.12. The zero-order chi connectivity index (χ0) is 21.7. The summed E-state index contributed by atoms with van der Waals surface area (Å²) in [5.41, 5.74) is 1.90. The normalized spacial score (nSPS) is 12.9. The molecule has 8 heteroatoms. The first-order valence-electron chi connectivity index (χ1n) is 9.34. The number of methoxy groups -OCH3 is 3. The maximum absolute atomic E-state index is 12.8. The number of thiophene rings is 1. The lowest BCUT2D eigenvalue weighted by molar-refractivity contribution is -0.112. The van der Waals surface area contributed by atoms with Crippen molar-refractivity contribution in [1.29, 1.82) is 10.5 Å². The van der Waals surface area contributed by atoms with Crippen LogP contribution >= 0.6 is 11.3 Å². The summed E-state index contributed by atoms with van der Waals surface area (Å²) >= 11 is 1.42. The van der Waals surface area contributed by atoms with Crippen molar-refractivity contribution in [3.8, 4) is 29.4 Å². The molecule has 30 heavy (non-hydrogen) atoms. The summed E-state index contributed by atoms with van der Waals surface area (Å²) in [5, 5.41) is 22.4. The van der Waals surface area contributed by atoms with Crippen molar-refractivity contribution in [3.63, 3.8) is 0 Å².